The van der Waals surface area contributed by atoms with Crippen LogP contribution >= 0.6 is 0 Å². The van der Waals surface area contributed by atoms with Gasteiger partial charge in [-0.05, 0) is 37.5 Å². The van der Waals surface area contributed by atoms with Gasteiger partial charge in [0.25, 0.3) is 0 Å². The summed E-state index contributed by atoms with van der Waals surface area (Å²) in [5.41, 5.74) is 1.90. The predicted octanol–water partition coefficient (Wildman–Crippen LogP) is 3.25. The van der Waals surface area contributed by atoms with Crippen molar-refractivity contribution in [2.45, 2.75) is 39.8 Å². The standard InChI is InChI=1S/C14H20N2/c1-10(2)11(3)16-12(4)14-7-5-6-13(8-14)9-15/h5-8,10-12,16H,1-4H3. The van der Waals surface area contributed by atoms with Crippen LogP contribution < -0.4 is 5.32 Å². The van der Waals surface area contributed by atoms with Crippen molar-refractivity contribution in [3.63, 3.8) is 0 Å². The Morgan fingerprint density at radius 3 is 2.44 bits per heavy atom. The van der Waals surface area contributed by atoms with E-state index in [-0.39, 0.29) is 6.04 Å². The summed E-state index contributed by atoms with van der Waals surface area (Å²) in [5.74, 6) is 0.613. The molecule has 0 aliphatic rings. The normalized spacial score (nSPS) is 14.5. The van der Waals surface area contributed by atoms with Gasteiger partial charge >= 0.3 is 0 Å². The molecule has 0 fully saturated rings. The fourth-order valence-electron chi connectivity index (χ4n) is 1.56. The van der Waals surface area contributed by atoms with E-state index >= 15 is 0 Å². The summed E-state index contributed by atoms with van der Waals surface area (Å²) in [6.45, 7) is 8.73. The Balaban J connectivity index is 2.73. The molecule has 0 aliphatic heterocycles. The summed E-state index contributed by atoms with van der Waals surface area (Å²) >= 11 is 0. The van der Waals surface area contributed by atoms with Gasteiger partial charge in [0.1, 0.15) is 0 Å². The first-order valence-corrected chi connectivity index (χ1v) is 5.80. The SMILES string of the molecule is CC(NC(C)C(C)C)c1cccc(C#N)c1. The number of nitrogens with one attached hydrogen (secondary N) is 1. The number of nitrogens with zero attached hydrogens (tertiary/aromatic N) is 1. The number of rotatable bonds is 4. The van der Waals surface area contributed by atoms with E-state index in [9.17, 15) is 0 Å². The second kappa shape index (κ2) is 5.67. The first kappa shape index (κ1) is 12.7. The molecule has 0 saturated heterocycles. The summed E-state index contributed by atoms with van der Waals surface area (Å²) in [4.78, 5) is 0. The fraction of sp³-hybridized carbons (Fsp3) is 0.500. The highest BCUT2D eigenvalue weighted by Gasteiger charge is 2.12. The monoisotopic (exact) mass is 216 g/mol. The van der Waals surface area contributed by atoms with Crippen molar-refractivity contribution in [3.05, 3.63) is 35.4 Å². The van der Waals surface area contributed by atoms with Crippen LogP contribution in [-0.2, 0) is 0 Å². The Kier molecular flexibility index (Phi) is 4.52. The molecule has 2 heteroatoms. The lowest BCUT2D eigenvalue weighted by Crippen LogP contribution is -2.32. The number of hydrogen-bond acceptors (Lipinski definition) is 2. The smallest absolute Gasteiger partial charge is 0.0991 e. The average molecular weight is 216 g/mol. The largest absolute Gasteiger partial charge is 0.307 e. The maximum Gasteiger partial charge on any atom is 0.0991 e. The van der Waals surface area contributed by atoms with Gasteiger partial charge in [-0.1, -0.05) is 26.0 Å². The molecule has 1 aromatic carbocycles. The lowest BCUT2D eigenvalue weighted by Gasteiger charge is -2.23. The molecule has 2 unspecified atom stereocenters. The average Bonchev–Trinajstić information content (AvgIpc) is 2.28. The second-order valence-electron chi connectivity index (χ2n) is 4.66. The second-order valence-corrected chi connectivity index (χ2v) is 4.66. The molecule has 0 bridgehead atoms. The topological polar surface area (TPSA) is 35.8 Å². The zero-order valence-electron chi connectivity index (χ0n) is 10.5. The van der Waals surface area contributed by atoms with Crippen molar-refractivity contribution in [1.82, 2.24) is 5.32 Å². The van der Waals surface area contributed by atoms with Gasteiger partial charge in [0.15, 0.2) is 0 Å². The maximum atomic E-state index is 8.84. The van der Waals surface area contributed by atoms with Crippen molar-refractivity contribution in [2.75, 3.05) is 0 Å². The third kappa shape index (κ3) is 3.36. The molecule has 1 N–H and O–H groups in total. The van der Waals surface area contributed by atoms with Crippen molar-refractivity contribution < 1.29 is 0 Å². The molecule has 0 aromatic heterocycles. The quantitative estimate of drug-likeness (QED) is 0.838. The summed E-state index contributed by atoms with van der Waals surface area (Å²) in [6, 6.07) is 10.7. The molecule has 0 spiro atoms. The Hall–Kier alpha value is -1.33. The Bertz CT molecular complexity index is 377. The van der Waals surface area contributed by atoms with Crippen LogP contribution in [0, 0.1) is 17.2 Å². The summed E-state index contributed by atoms with van der Waals surface area (Å²) < 4.78 is 0. The molecular weight excluding hydrogens is 196 g/mol. The van der Waals surface area contributed by atoms with E-state index in [2.05, 4.69) is 45.1 Å². The molecule has 16 heavy (non-hydrogen) atoms. The van der Waals surface area contributed by atoms with E-state index < -0.39 is 0 Å². The Morgan fingerprint density at radius 2 is 1.88 bits per heavy atom. The van der Waals surface area contributed by atoms with Gasteiger partial charge in [-0.3, -0.25) is 0 Å². The molecule has 0 amide bonds. The van der Waals surface area contributed by atoms with E-state index in [1.54, 1.807) is 0 Å². The molecule has 2 nitrogen and oxygen atoms in total. The molecule has 2 atom stereocenters. The first-order chi connectivity index (χ1) is 7.54. The van der Waals surface area contributed by atoms with Crippen molar-refractivity contribution in [2.24, 2.45) is 5.92 Å². The van der Waals surface area contributed by atoms with Gasteiger partial charge in [-0.25, -0.2) is 0 Å². The van der Waals surface area contributed by atoms with Crippen LogP contribution in [0.4, 0.5) is 0 Å². The van der Waals surface area contributed by atoms with E-state index in [4.69, 9.17) is 5.26 Å². The molecule has 86 valence electrons. The third-order valence-corrected chi connectivity index (χ3v) is 3.03. The van der Waals surface area contributed by atoms with Crippen molar-refractivity contribution >= 4 is 0 Å². The Labute approximate surface area is 98.3 Å². The minimum absolute atomic E-state index is 0.283. The molecule has 0 saturated carbocycles. The van der Waals surface area contributed by atoms with Gasteiger partial charge in [-0.2, -0.15) is 5.26 Å². The zero-order valence-corrected chi connectivity index (χ0v) is 10.5. The predicted molar refractivity (Wildman–Crippen MR) is 67.0 cm³/mol. The minimum Gasteiger partial charge on any atom is -0.307 e. The lowest BCUT2D eigenvalue weighted by molar-refractivity contribution is 0.389. The summed E-state index contributed by atoms with van der Waals surface area (Å²) in [7, 11) is 0. The van der Waals surface area contributed by atoms with Crippen LogP contribution in [-0.4, -0.2) is 6.04 Å². The maximum absolute atomic E-state index is 8.84. The van der Waals surface area contributed by atoms with Gasteiger partial charge in [0, 0.05) is 12.1 Å². The highest BCUT2D eigenvalue weighted by atomic mass is 14.9. The Morgan fingerprint density at radius 1 is 1.19 bits per heavy atom. The van der Waals surface area contributed by atoms with Gasteiger partial charge in [0.2, 0.25) is 0 Å². The van der Waals surface area contributed by atoms with Gasteiger partial charge < -0.3 is 5.32 Å². The first-order valence-electron chi connectivity index (χ1n) is 5.80. The van der Waals surface area contributed by atoms with E-state index in [0.717, 1.165) is 5.56 Å². The van der Waals surface area contributed by atoms with Crippen LogP contribution in [0.2, 0.25) is 0 Å². The van der Waals surface area contributed by atoms with Crippen LogP contribution in [0.3, 0.4) is 0 Å². The number of benzene rings is 1. The van der Waals surface area contributed by atoms with Gasteiger partial charge in [0.05, 0.1) is 11.6 Å². The summed E-state index contributed by atoms with van der Waals surface area (Å²) in [5, 5.41) is 12.4. The highest BCUT2D eigenvalue weighted by Crippen LogP contribution is 2.16. The van der Waals surface area contributed by atoms with E-state index in [1.165, 1.54) is 5.56 Å². The van der Waals surface area contributed by atoms with Crippen LogP contribution in [0.1, 0.15) is 44.9 Å². The van der Waals surface area contributed by atoms with Crippen LogP contribution in [0.15, 0.2) is 24.3 Å². The molecule has 0 aliphatic carbocycles. The molecule has 0 radical (unpaired) electrons. The lowest BCUT2D eigenvalue weighted by atomic mass is 10.0. The van der Waals surface area contributed by atoms with Crippen molar-refractivity contribution in [3.8, 4) is 6.07 Å². The number of nitriles is 1. The molecule has 0 heterocycles. The molecular formula is C14H20N2. The van der Waals surface area contributed by atoms with E-state index in [0.29, 0.717) is 12.0 Å². The van der Waals surface area contributed by atoms with Crippen LogP contribution in [0.5, 0.6) is 0 Å². The molecule has 1 aromatic rings. The summed E-state index contributed by atoms with van der Waals surface area (Å²) in [6.07, 6.45) is 0. The highest BCUT2D eigenvalue weighted by molar-refractivity contribution is 5.34. The van der Waals surface area contributed by atoms with Crippen molar-refractivity contribution in [1.29, 1.82) is 5.26 Å². The molecule has 1 rings (SSSR count). The minimum atomic E-state index is 0.283. The third-order valence-electron chi connectivity index (χ3n) is 3.03. The van der Waals surface area contributed by atoms with Gasteiger partial charge in [-0.15, -0.1) is 0 Å². The van der Waals surface area contributed by atoms with E-state index in [1.807, 2.05) is 18.2 Å². The van der Waals surface area contributed by atoms with Crippen LogP contribution in [0.25, 0.3) is 0 Å². The number of hydrogen-bond donors (Lipinski definition) is 1. The zero-order chi connectivity index (χ0) is 12.1. The fourth-order valence-corrected chi connectivity index (χ4v) is 1.56.